The van der Waals surface area contributed by atoms with Crippen molar-refractivity contribution in [2.45, 2.75) is 102 Å². The van der Waals surface area contributed by atoms with Crippen LogP contribution in [0.15, 0.2) is 71.7 Å². The predicted molar refractivity (Wildman–Crippen MR) is 230 cm³/mol. The highest BCUT2D eigenvalue weighted by molar-refractivity contribution is 6.39. The maximum atomic E-state index is 14.4. The van der Waals surface area contributed by atoms with Gasteiger partial charge in [0.1, 0.15) is 23.4 Å². The molecule has 62 heavy (non-hydrogen) atoms. The first kappa shape index (κ1) is 48.1. The summed E-state index contributed by atoms with van der Waals surface area (Å²) in [5, 5.41) is 26.0. The van der Waals surface area contributed by atoms with Crippen LogP contribution in [0.2, 0.25) is 0 Å². The Bertz CT molecular complexity index is 2020. The van der Waals surface area contributed by atoms with Crippen LogP contribution in [0.3, 0.4) is 0 Å². The second-order valence-corrected chi connectivity index (χ2v) is 16.1. The van der Waals surface area contributed by atoms with Gasteiger partial charge in [-0.05, 0) is 81.7 Å². The van der Waals surface area contributed by atoms with Gasteiger partial charge in [0.15, 0.2) is 11.7 Å². The molecule has 2 aromatic carbocycles. The number of phenols is 1. The third-order valence-electron chi connectivity index (χ3n) is 11.6. The van der Waals surface area contributed by atoms with Gasteiger partial charge >= 0.3 is 0 Å². The van der Waals surface area contributed by atoms with Crippen LogP contribution in [0.4, 0.5) is 0 Å². The second-order valence-electron chi connectivity index (χ2n) is 16.1. The molecule has 4 rings (SSSR count). The van der Waals surface area contributed by atoms with E-state index in [0.29, 0.717) is 24.0 Å². The molecule has 18 heteroatoms. The number of Topliss-reactive ketones (excluding diaryl/α,β-unsaturated/α-hetero) is 2. The number of ketones is 2. The Kier molecular flexibility index (Phi) is 17.3. The number of guanidine groups is 1. The Labute approximate surface area is 360 Å². The largest absolute Gasteiger partial charge is 0.508 e. The molecule has 1 fully saturated rings. The Morgan fingerprint density at radius 3 is 2.29 bits per heavy atom. The molecular weight excluding hydrogens is 799 g/mol. The fourth-order valence-corrected chi connectivity index (χ4v) is 7.48. The quantitative estimate of drug-likeness (QED) is 0.0610. The summed E-state index contributed by atoms with van der Waals surface area (Å²) in [4.78, 5) is 114. The molecule has 6 amide bonds. The molecule has 1 saturated carbocycles. The molecule has 0 aromatic heterocycles. The minimum Gasteiger partial charge on any atom is -0.508 e. The molecule has 2 aliphatic rings. The number of fused-ring (bicyclic) bond motifs is 1. The van der Waals surface area contributed by atoms with Crippen LogP contribution < -0.4 is 43.4 Å². The highest BCUT2D eigenvalue weighted by Gasteiger charge is 2.45. The lowest BCUT2D eigenvalue weighted by Crippen LogP contribution is -2.64. The van der Waals surface area contributed by atoms with Gasteiger partial charge in [0, 0.05) is 36.6 Å². The maximum Gasteiger partial charge on any atom is 0.290 e. The van der Waals surface area contributed by atoms with Gasteiger partial charge in [-0.2, -0.15) is 0 Å². The summed E-state index contributed by atoms with van der Waals surface area (Å²) in [5.74, 6) is -8.61. The third kappa shape index (κ3) is 13.2. The summed E-state index contributed by atoms with van der Waals surface area (Å²) in [6.45, 7) is 6.15. The zero-order chi connectivity index (χ0) is 45.6. The van der Waals surface area contributed by atoms with E-state index in [1.165, 1.54) is 32.1 Å². The average Bonchev–Trinajstić information content (AvgIpc) is 3.75. The lowest BCUT2D eigenvalue weighted by molar-refractivity contribution is -0.144. The summed E-state index contributed by atoms with van der Waals surface area (Å²) in [6, 6.07) is 9.68. The van der Waals surface area contributed by atoms with Gasteiger partial charge in [-0.1, -0.05) is 63.1 Å². The number of nitrogens with one attached hydrogen (secondary N) is 6. The van der Waals surface area contributed by atoms with E-state index in [1.54, 1.807) is 49.4 Å². The van der Waals surface area contributed by atoms with E-state index in [2.05, 4.69) is 36.9 Å². The second kappa shape index (κ2) is 22.3. The molecule has 1 aliphatic heterocycles. The number of amides is 6. The van der Waals surface area contributed by atoms with Crippen LogP contribution in [0, 0.1) is 17.8 Å². The monoisotopic (exact) mass is 857 g/mol. The van der Waals surface area contributed by atoms with Crippen LogP contribution in [0.25, 0.3) is 0 Å². The molecule has 334 valence electrons. The summed E-state index contributed by atoms with van der Waals surface area (Å²) in [6.07, 6.45) is 4.19. The molecule has 0 spiro atoms. The molecule has 2 aromatic rings. The van der Waals surface area contributed by atoms with E-state index >= 15 is 0 Å². The number of rotatable bonds is 12. The van der Waals surface area contributed by atoms with Gasteiger partial charge in [-0.15, -0.1) is 0 Å². The van der Waals surface area contributed by atoms with Crippen LogP contribution >= 0.6 is 0 Å². The van der Waals surface area contributed by atoms with Crippen molar-refractivity contribution in [3.8, 4) is 5.75 Å². The van der Waals surface area contributed by atoms with Crippen molar-refractivity contribution in [1.29, 1.82) is 0 Å². The minimum absolute atomic E-state index is 0.0174. The van der Waals surface area contributed by atoms with Gasteiger partial charge in [0.2, 0.25) is 29.4 Å². The molecule has 8 atom stereocenters. The predicted octanol–water partition coefficient (Wildman–Crippen LogP) is 0.423. The number of nitrogens with two attached hydrogens (primary N) is 2. The first-order valence-electron chi connectivity index (χ1n) is 20.9. The summed E-state index contributed by atoms with van der Waals surface area (Å²) < 4.78 is 0. The van der Waals surface area contributed by atoms with Gasteiger partial charge in [0.05, 0.1) is 12.1 Å². The molecule has 0 saturated heterocycles. The van der Waals surface area contributed by atoms with Crippen molar-refractivity contribution < 1.29 is 43.5 Å². The van der Waals surface area contributed by atoms with E-state index in [4.69, 9.17) is 11.5 Å². The fourth-order valence-electron chi connectivity index (χ4n) is 7.48. The van der Waals surface area contributed by atoms with Crippen molar-refractivity contribution in [3.05, 3.63) is 77.9 Å². The summed E-state index contributed by atoms with van der Waals surface area (Å²) >= 11 is 0. The summed E-state index contributed by atoms with van der Waals surface area (Å²) in [5.41, 5.74) is 10.3. The van der Waals surface area contributed by atoms with E-state index < -0.39 is 101 Å². The number of aromatic hydroxyl groups is 1. The van der Waals surface area contributed by atoms with Crippen molar-refractivity contribution in [3.63, 3.8) is 0 Å². The number of hydrogen-bond acceptors (Lipinski definition) is 10. The zero-order valence-corrected chi connectivity index (χ0v) is 35.6. The Morgan fingerprint density at radius 2 is 1.63 bits per heavy atom. The Balaban J connectivity index is 1.73. The fraction of sp³-hybridized carbons (Fsp3) is 0.477. The normalized spacial score (nSPS) is 24.9. The van der Waals surface area contributed by atoms with E-state index in [9.17, 15) is 43.5 Å². The topological polar surface area (TPSA) is 293 Å². The van der Waals surface area contributed by atoms with Crippen LogP contribution in [0.5, 0.6) is 5.75 Å². The summed E-state index contributed by atoms with van der Waals surface area (Å²) in [7, 11) is 0. The number of benzene rings is 2. The lowest BCUT2D eigenvalue weighted by Gasteiger charge is -2.36. The number of phenolic OH excluding ortho intramolecular Hbond substituents is 1. The molecule has 11 N–H and O–H groups in total. The van der Waals surface area contributed by atoms with Crippen LogP contribution in [-0.2, 0) is 40.0 Å². The zero-order valence-electron chi connectivity index (χ0n) is 35.6. The molecule has 8 unspecified atom stereocenters. The Morgan fingerprint density at radius 1 is 0.952 bits per heavy atom. The van der Waals surface area contributed by atoms with Crippen LogP contribution in [-0.4, -0.2) is 101 Å². The first-order chi connectivity index (χ1) is 29.4. The first-order valence-corrected chi connectivity index (χ1v) is 20.9. The maximum absolute atomic E-state index is 14.4. The van der Waals surface area contributed by atoms with Gasteiger partial charge < -0.3 is 48.5 Å². The smallest absolute Gasteiger partial charge is 0.290 e. The number of nitrogens with zero attached hydrogens (tertiary/aromatic N) is 1. The lowest BCUT2D eigenvalue weighted by atomic mass is 9.83. The number of hydrogen-bond donors (Lipinski definition) is 9. The van der Waals surface area contributed by atoms with Crippen molar-refractivity contribution in [2.24, 2.45) is 34.2 Å². The van der Waals surface area contributed by atoms with Gasteiger partial charge in [-0.3, -0.25) is 43.3 Å². The molecule has 0 radical (unpaired) electrons. The van der Waals surface area contributed by atoms with E-state index in [-0.39, 0.29) is 50.4 Å². The Hall–Kier alpha value is -6.59. The highest BCUT2D eigenvalue weighted by atomic mass is 16.3. The molecule has 0 bridgehead atoms. The van der Waals surface area contributed by atoms with Crippen molar-refractivity contribution >= 4 is 53.0 Å². The van der Waals surface area contributed by atoms with E-state index in [1.807, 2.05) is 6.92 Å². The number of carbonyl (C=O) groups is 8. The third-order valence-corrected chi connectivity index (χ3v) is 11.6. The van der Waals surface area contributed by atoms with Gasteiger partial charge in [0.25, 0.3) is 11.8 Å². The molecular formula is C44H59N9O9. The molecule has 1 aliphatic carbocycles. The number of carbonyl (C=O) groups excluding carboxylic acids is 8. The number of aliphatic imine (C=N–C) groups is 1. The minimum atomic E-state index is -1.66. The highest BCUT2D eigenvalue weighted by Crippen LogP contribution is 2.34. The average molecular weight is 858 g/mol. The van der Waals surface area contributed by atoms with Gasteiger partial charge in [-0.25, -0.2) is 0 Å². The van der Waals surface area contributed by atoms with Crippen molar-refractivity contribution in [1.82, 2.24) is 31.9 Å². The van der Waals surface area contributed by atoms with Crippen LogP contribution in [0.1, 0.15) is 82.1 Å². The standard InChI is InChI=1S/C44H59N9O9/c1-5-25(2)44(4)42(62)50-29(23-27-16-19-30(54)20-17-27)18-21-35(55)48-24-34(52-38(58)26(3)49-39(59)28-11-7-6-8-12-28)36(56)31-13-9-14-32(31)40(60)51-33(37(57)41(61)53-44)15-10-22-47-43(45)46/h6-8,11-12,16-21,25-26,29,31-34,54H,5,9-10,13-15,22-24H2,1-4H3,(H,48,55)(H,49,59)(H,50,62)(H,51,60)(H,52,58)(H,53,61)(H4,45,46,47). The van der Waals surface area contributed by atoms with E-state index in [0.717, 1.165) is 6.08 Å². The SMILES string of the molecule is CCC(C)C1(C)NC(=O)C(=O)C(CCCN=C(N)N)NC(=O)C2CCCC2C(=O)C(NC(=O)C(C)NC(=O)c2ccccc2)CNC(=O)C=CC(Cc2ccc(O)cc2)NC1=O. The van der Waals surface area contributed by atoms with Crippen molar-refractivity contribution in [2.75, 3.05) is 13.1 Å². The molecule has 1 heterocycles. The molecule has 18 nitrogen and oxygen atoms in total.